The molecule has 0 spiro atoms. The average Bonchev–Trinajstić information content (AvgIpc) is 3.25. The van der Waals surface area contributed by atoms with Crippen molar-refractivity contribution in [2.24, 2.45) is 5.92 Å². The van der Waals surface area contributed by atoms with Crippen molar-refractivity contribution in [3.05, 3.63) is 0 Å². The molecule has 0 aromatic rings. The predicted molar refractivity (Wildman–Crippen MR) is 90.0 cm³/mol. The topological polar surface area (TPSA) is 52.7 Å². The molecule has 3 rings (SSSR count). The van der Waals surface area contributed by atoms with Gasteiger partial charge in [-0.2, -0.15) is 0 Å². The molecule has 1 N–H and O–H groups in total. The maximum absolute atomic E-state index is 13.1. The van der Waals surface area contributed by atoms with E-state index in [4.69, 9.17) is 0 Å². The van der Waals surface area contributed by atoms with Crippen molar-refractivity contribution in [2.75, 3.05) is 26.2 Å². The molecule has 3 aliphatic rings. The normalized spacial score (nSPS) is 28.0. The van der Waals surface area contributed by atoms with Gasteiger partial charge in [0.1, 0.15) is 6.04 Å². The van der Waals surface area contributed by atoms with Gasteiger partial charge >= 0.3 is 0 Å². The SMILES string of the molecule is CC(=O)N[C@H](C(=O)N1CCC[C@H](N2CCCC2)C1)C1CCCC1. The van der Waals surface area contributed by atoms with Crippen LogP contribution in [0.1, 0.15) is 58.3 Å². The van der Waals surface area contributed by atoms with E-state index in [0.717, 1.165) is 32.4 Å². The lowest BCUT2D eigenvalue weighted by Crippen LogP contribution is -2.56. The van der Waals surface area contributed by atoms with Gasteiger partial charge < -0.3 is 10.2 Å². The molecule has 1 aliphatic carbocycles. The lowest BCUT2D eigenvalue weighted by molar-refractivity contribution is -0.139. The standard InChI is InChI=1S/C18H31N3O2/c1-14(22)19-17(15-7-2-3-8-15)18(23)21-12-6-9-16(13-21)20-10-4-5-11-20/h15-17H,2-13H2,1H3,(H,19,22)/t16-,17-/m0/s1. The van der Waals surface area contributed by atoms with Crippen LogP contribution in [-0.4, -0.2) is 59.9 Å². The Hall–Kier alpha value is -1.10. The highest BCUT2D eigenvalue weighted by molar-refractivity contribution is 5.87. The Balaban J connectivity index is 1.64. The van der Waals surface area contributed by atoms with Gasteiger partial charge in [-0.1, -0.05) is 12.8 Å². The van der Waals surface area contributed by atoms with Crippen LogP contribution in [0.2, 0.25) is 0 Å². The maximum Gasteiger partial charge on any atom is 0.245 e. The Morgan fingerprint density at radius 3 is 2.30 bits per heavy atom. The third-order valence-corrected chi connectivity index (χ3v) is 5.86. The highest BCUT2D eigenvalue weighted by Crippen LogP contribution is 2.29. The van der Waals surface area contributed by atoms with E-state index < -0.39 is 0 Å². The second kappa shape index (κ2) is 7.65. The van der Waals surface area contributed by atoms with Crippen molar-refractivity contribution in [3.63, 3.8) is 0 Å². The van der Waals surface area contributed by atoms with Crippen LogP contribution in [0, 0.1) is 5.92 Å². The van der Waals surface area contributed by atoms with Crippen LogP contribution in [0.4, 0.5) is 0 Å². The van der Waals surface area contributed by atoms with E-state index in [9.17, 15) is 9.59 Å². The van der Waals surface area contributed by atoms with Crippen LogP contribution in [0.3, 0.4) is 0 Å². The van der Waals surface area contributed by atoms with E-state index in [1.807, 2.05) is 4.90 Å². The third kappa shape index (κ3) is 4.06. The first-order valence-electron chi connectivity index (χ1n) is 9.45. The van der Waals surface area contributed by atoms with Gasteiger partial charge in [0.25, 0.3) is 0 Å². The number of nitrogens with one attached hydrogen (secondary N) is 1. The fourth-order valence-electron chi connectivity index (χ4n) is 4.65. The van der Waals surface area contributed by atoms with Crippen molar-refractivity contribution < 1.29 is 9.59 Å². The highest BCUT2D eigenvalue weighted by Gasteiger charge is 2.37. The average molecular weight is 321 g/mol. The number of rotatable bonds is 4. The molecule has 23 heavy (non-hydrogen) atoms. The molecule has 0 radical (unpaired) electrons. The highest BCUT2D eigenvalue weighted by atomic mass is 16.2. The summed E-state index contributed by atoms with van der Waals surface area (Å²) in [5, 5.41) is 2.96. The van der Waals surface area contributed by atoms with Crippen molar-refractivity contribution in [3.8, 4) is 0 Å². The second-order valence-corrected chi connectivity index (χ2v) is 7.55. The lowest BCUT2D eigenvalue weighted by Gasteiger charge is -2.39. The molecule has 2 atom stereocenters. The number of hydrogen-bond acceptors (Lipinski definition) is 3. The fourth-order valence-corrected chi connectivity index (χ4v) is 4.65. The lowest BCUT2D eigenvalue weighted by atomic mass is 9.95. The zero-order chi connectivity index (χ0) is 16.2. The van der Waals surface area contributed by atoms with Gasteiger partial charge in [-0.05, 0) is 57.5 Å². The molecule has 0 aromatic carbocycles. The molecule has 0 bridgehead atoms. The van der Waals surface area contributed by atoms with Crippen LogP contribution in [0.25, 0.3) is 0 Å². The summed E-state index contributed by atoms with van der Waals surface area (Å²) in [6.45, 7) is 5.60. The molecular formula is C18H31N3O2. The number of piperidine rings is 1. The summed E-state index contributed by atoms with van der Waals surface area (Å²) in [6, 6.07) is 0.226. The fraction of sp³-hybridized carbons (Fsp3) is 0.889. The van der Waals surface area contributed by atoms with Gasteiger partial charge in [0.15, 0.2) is 0 Å². The zero-order valence-corrected chi connectivity index (χ0v) is 14.4. The van der Waals surface area contributed by atoms with Crippen molar-refractivity contribution in [1.82, 2.24) is 15.1 Å². The van der Waals surface area contributed by atoms with E-state index >= 15 is 0 Å². The Morgan fingerprint density at radius 1 is 0.957 bits per heavy atom. The summed E-state index contributed by atoms with van der Waals surface area (Å²) in [7, 11) is 0. The first-order valence-corrected chi connectivity index (χ1v) is 9.45. The minimum Gasteiger partial charge on any atom is -0.344 e. The second-order valence-electron chi connectivity index (χ2n) is 7.55. The van der Waals surface area contributed by atoms with E-state index in [1.54, 1.807) is 0 Å². The third-order valence-electron chi connectivity index (χ3n) is 5.86. The van der Waals surface area contributed by atoms with Crippen LogP contribution < -0.4 is 5.32 Å². The molecule has 0 unspecified atom stereocenters. The molecule has 0 aromatic heterocycles. The van der Waals surface area contributed by atoms with E-state index in [-0.39, 0.29) is 17.9 Å². The van der Waals surface area contributed by atoms with Crippen LogP contribution in [0.5, 0.6) is 0 Å². The van der Waals surface area contributed by atoms with Gasteiger partial charge in [-0.25, -0.2) is 0 Å². The molecule has 1 saturated carbocycles. The van der Waals surface area contributed by atoms with Gasteiger partial charge in [-0.3, -0.25) is 14.5 Å². The molecule has 2 heterocycles. The van der Waals surface area contributed by atoms with Crippen molar-refractivity contribution in [2.45, 2.75) is 70.4 Å². The monoisotopic (exact) mass is 321 g/mol. The summed E-state index contributed by atoms with van der Waals surface area (Å²) in [5.41, 5.74) is 0. The van der Waals surface area contributed by atoms with Crippen LogP contribution in [0.15, 0.2) is 0 Å². The molecule has 130 valence electrons. The number of hydrogen-bond donors (Lipinski definition) is 1. The molecule has 2 saturated heterocycles. The zero-order valence-electron chi connectivity index (χ0n) is 14.4. The minimum atomic E-state index is -0.299. The molecule has 2 amide bonds. The smallest absolute Gasteiger partial charge is 0.245 e. The number of amides is 2. The predicted octanol–water partition coefficient (Wildman–Crippen LogP) is 1.77. The summed E-state index contributed by atoms with van der Waals surface area (Å²) in [4.78, 5) is 29.2. The Morgan fingerprint density at radius 2 is 1.65 bits per heavy atom. The van der Waals surface area contributed by atoms with Gasteiger partial charge in [0.05, 0.1) is 0 Å². The number of likely N-dealkylation sites (tertiary alicyclic amines) is 2. The number of carbonyl (C=O) groups excluding carboxylic acids is 2. The van der Waals surface area contributed by atoms with E-state index in [0.29, 0.717) is 12.0 Å². The summed E-state index contributed by atoms with van der Waals surface area (Å²) < 4.78 is 0. The Kier molecular flexibility index (Phi) is 5.57. The first kappa shape index (κ1) is 16.7. The first-order chi connectivity index (χ1) is 11.1. The maximum atomic E-state index is 13.1. The Bertz CT molecular complexity index is 428. The molecule has 2 aliphatic heterocycles. The Labute approximate surface area is 139 Å². The number of carbonyl (C=O) groups is 2. The van der Waals surface area contributed by atoms with E-state index in [1.165, 1.54) is 52.1 Å². The summed E-state index contributed by atoms with van der Waals surface area (Å²) in [6.07, 6.45) is 9.39. The van der Waals surface area contributed by atoms with Gasteiger partial charge in [0, 0.05) is 26.1 Å². The van der Waals surface area contributed by atoms with Crippen LogP contribution in [-0.2, 0) is 9.59 Å². The summed E-state index contributed by atoms with van der Waals surface area (Å²) in [5.74, 6) is 0.415. The van der Waals surface area contributed by atoms with Gasteiger partial charge in [0.2, 0.25) is 11.8 Å². The minimum absolute atomic E-state index is 0.0802. The quantitative estimate of drug-likeness (QED) is 0.858. The van der Waals surface area contributed by atoms with Crippen molar-refractivity contribution in [1.29, 1.82) is 0 Å². The molecular weight excluding hydrogens is 290 g/mol. The molecule has 5 nitrogen and oxygen atoms in total. The van der Waals surface area contributed by atoms with Gasteiger partial charge in [-0.15, -0.1) is 0 Å². The van der Waals surface area contributed by atoms with Crippen LogP contribution >= 0.6 is 0 Å². The largest absolute Gasteiger partial charge is 0.344 e. The van der Waals surface area contributed by atoms with E-state index in [2.05, 4.69) is 10.2 Å². The molecule has 3 fully saturated rings. The summed E-state index contributed by atoms with van der Waals surface area (Å²) >= 11 is 0. The van der Waals surface area contributed by atoms with Crippen molar-refractivity contribution >= 4 is 11.8 Å². The number of nitrogens with zero attached hydrogens (tertiary/aromatic N) is 2. The molecule has 5 heteroatoms.